The van der Waals surface area contributed by atoms with Crippen LogP contribution in [0, 0.1) is 40.5 Å². The first-order valence-corrected chi connectivity index (χ1v) is 13.7. The van der Waals surface area contributed by atoms with Gasteiger partial charge in [0.15, 0.2) is 0 Å². The van der Waals surface area contributed by atoms with Crippen molar-refractivity contribution in [3.8, 4) is 0 Å². The van der Waals surface area contributed by atoms with Crippen LogP contribution in [0.15, 0.2) is 97.1 Å². The van der Waals surface area contributed by atoms with E-state index in [-0.39, 0.29) is 11.1 Å². The van der Waals surface area contributed by atoms with Crippen molar-refractivity contribution in [2.24, 2.45) is 0 Å². The maximum Gasteiger partial charge on any atom is 0.407 e. The van der Waals surface area contributed by atoms with Crippen LogP contribution in [0.3, 0.4) is 0 Å². The van der Waals surface area contributed by atoms with Gasteiger partial charge in [-0.15, -0.1) is 0 Å². The first-order chi connectivity index (χ1) is 19.7. The second-order valence-electron chi connectivity index (χ2n) is 8.50. The molecular formula is C26H20N4O10Si. The Balaban J connectivity index is 1.90. The van der Waals surface area contributed by atoms with E-state index in [0.717, 1.165) is 24.3 Å². The molecule has 0 spiro atoms. The van der Waals surface area contributed by atoms with E-state index < -0.39 is 64.2 Å². The van der Waals surface area contributed by atoms with Crippen molar-refractivity contribution < 1.29 is 28.5 Å². The van der Waals surface area contributed by atoms with E-state index in [1.165, 1.54) is 12.1 Å². The SMILES string of the molecule is O=[N+]([O-])c1cccc([N+](=O)[O-])c1CO[Si](OCc1c([N+](=O)[O-])cccc1[N+](=O)[O-])(c1ccccc1)c1ccccc1. The van der Waals surface area contributed by atoms with Crippen molar-refractivity contribution in [2.75, 3.05) is 0 Å². The molecule has 0 aromatic heterocycles. The monoisotopic (exact) mass is 576 g/mol. The minimum Gasteiger partial charge on any atom is -0.383 e. The molecule has 4 aromatic rings. The molecule has 41 heavy (non-hydrogen) atoms. The molecule has 0 fully saturated rings. The molecule has 0 aliphatic carbocycles. The maximum atomic E-state index is 11.8. The Labute approximate surface area is 232 Å². The van der Waals surface area contributed by atoms with E-state index in [4.69, 9.17) is 8.85 Å². The zero-order valence-corrected chi connectivity index (χ0v) is 22.0. The molecule has 4 rings (SSSR count). The van der Waals surface area contributed by atoms with Crippen LogP contribution in [0.2, 0.25) is 0 Å². The summed E-state index contributed by atoms with van der Waals surface area (Å²) in [5.74, 6) is 0. The highest BCUT2D eigenvalue weighted by molar-refractivity contribution is 6.92. The van der Waals surface area contributed by atoms with Crippen molar-refractivity contribution in [2.45, 2.75) is 13.2 Å². The summed E-state index contributed by atoms with van der Waals surface area (Å²) in [7, 11) is -4.03. The summed E-state index contributed by atoms with van der Waals surface area (Å²) in [4.78, 5) is 44.0. The second kappa shape index (κ2) is 12.2. The number of hydrogen-bond donors (Lipinski definition) is 0. The molecule has 15 heteroatoms. The normalized spacial score (nSPS) is 11.1. The topological polar surface area (TPSA) is 191 Å². The van der Waals surface area contributed by atoms with Crippen molar-refractivity contribution in [3.05, 3.63) is 149 Å². The van der Waals surface area contributed by atoms with Gasteiger partial charge in [-0.05, 0) is 22.5 Å². The fourth-order valence-corrected chi connectivity index (χ4v) is 7.35. The quantitative estimate of drug-likeness (QED) is 0.133. The molecule has 14 nitrogen and oxygen atoms in total. The van der Waals surface area contributed by atoms with E-state index in [0.29, 0.717) is 10.4 Å². The third-order valence-corrected chi connectivity index (χ3v) is 9.48. The number of rotatable bonds is 12. The van der Waals surface area contributed by atoms with Gasteiger partial charge in [0.1, 0.15) is 11.1 Å². The Hall–Kier alpha value is -5.38. The van der Waals surface area contributed by atoms with Crippen LogP contribution >= 0.6 is 0 Å². The highest BCUT2D eigenvalue weighted by atomic mass is 28.4. The van der Waals surface area contributed by atoms with Gasteiger partial charge >= 0.3 is 8.56 Å². The van der Waals surface area contributed by atoms with Crippen molar-refractivity contribution in [1.29, 1.82) is 0 Å². The molecule has 0 radical (unpaired) electrons. The molecule has 0 heterocycles. The van der Waals surface area contributed by atoms with Crippen LogP contribution in [0.4, 0.5) is 22.7 Å². The zero-order valence-electron chi connectivity index (χ0n) is 21.0. The molecule has 0 aliphatic heterocycles. The van der Waals surface area contributed by atoms with Crippen molar-refractivity contribution in [1.82, 2.24) is 0 Å². The lowest BCUT2D eigenvalue weighted by molar-refractivity contribution is -0.396. The number of benzene rings is 4. The van der Waals surface area contributed by atoms with Gasteiger partial charge in [-0.3, -0.25) is 40.5 Å². The van der Waals surface area contributed by atoms with Gasteiger partial charge in [0.05, 0.1) is 32.9 Å². The average molecular weight is 577 g/mol. The third-order valence-electron chi connectivity index (χ3n) is 6.19. The smallest absolute Gasteiger partial charge is 0.383 e. The summed E-state index contributed by atoms with van der Waals surface area (Å²) >= 11 is 0. The second-order valence-corrected chi connectivity index (χ2v) is 11.5. The number of hydrogen-bond acceptors (Lipinski definition) is 10. The van der Waals surface area contributed by atoms with Gasteiger partial charge < -0.3 is 8.85 Å². The predicted octanol–water partition coefficient (Wildman–Crippen LogP) is 4.31. The first-order valence-electron chi connectivity index (χ1n) is 11.9. The standard InChI is InChI=1S/C26H20N4O10Si/c31-27(32)23-13-7-14-24(28(33)34)21(23)17-39-41(19-9-3-1-4-10-19,20-11-5-2-6-12-20)40-18-22-25(29(35)36)15-8-16-26(22)30(37)38/h1-16H,17-18H2. The minimum atomic E-state index is -4.03. The fourth-order valence-electron chi connectivity index (χ4n) is 4.31. The lowest BCUT2D eigenvalue weighted by Crippen LogP contribution is -2.63. The summed E-state index contributed by atoms with van der Waals surface area (Å²) < 4.78 is 12.7. The molecule has 0 atom stereocenters. The van der Waals surface area contributed by atoms with Gasteiger partial charge in [0, 0.05) is 24.3 Å². The third kappa shape index (κ3) is 5.96. The zero-order chi connectivity index (χ0) is 29.6. The van der Waals surface area contributed by atoms with Crippen molar-refractivity contribution >= 4 is 41.7 Å². The molecule has 0 unspecified atom stereocenters. The molecule has 0 saturated heterocycles. The number of nitrogens with zero attached hydrogens (tertiary/aromatic N) is 4. The summed E-state index contributed by atoms with van der Waals surface area (Å²) in [6.07, 6.45) is 0. The highest BCUT2D eigenvalue weighted by Crippen LogP contribution is 2.32. The molecule has 0 amide bonds. The molecule has 0 aliphatic rings. The van der Waals surface area contributed by atoms with Gasteiger partial charge in [-0.2, -0.15) is 0 Å². The highest BCUT2D eigenvalue weighted by Gasteiger charge is 2.45. The lowest BCUT2D eigenvalue weighted by Gasteiger charge is -2.31. The van der Waals surface area contributed by atoms with Gasteiger partial charge in [-0.1, -0.05) is 60.7 Å². The summed E-state index contributed by atoms with van der Waals surface area (Å²) in [6, 6.07) is 23.5. The number of nitro groups is 4. The van der Waals surface area contributed by atoms with Gasteiger partial charge in [0.2, 0.25) is 0 Å². The van der Waals surface area contributed by atoms with Gasteiger partial charge in [0.25, 0.3) is 22.7 Å². The van der Waals surface area contributed by atoms with Crippen LogP contribution in [0.5, 0.6) is 0 Å². The van der Waals surface area contributed by atoms with E-state index in [9.17, 15) is 40.5 Å². The summed E-state index contributed by atoms with van der Waals surface area (Å²) in [5, 5.41) is 47.9. The van der Waals surface area contributed by atoms with Crippen LogP contribution in [0.25, 0.3) is 0 Å². The van der Waals surface area contributed by atoms with E-state index in [2.05, 4.69) is 0 Å². The lowest BCUT2D eigenvalue weighted by atomic mass is 10.1. The molecule has 0 saturated carbocycles. The largest absolute Gasteiger partial charge is 0.407 e. The molecular weight excluding hydrogens is 556 g/mol. The minimum absolute atomic E-state index is 0.313. The van der Waals surface area contributed by atoms with Gasteiger partial charge in [-0.25, -0.2) is 0 Å². The van der Waals surface area contributed by atoms with Crippen LogP contribution in [-0.4, -0.2) is 28.3 Å². The molecule has 4 aromatic carbocycles. The summed E-state index contributed by atoms with van der Waals surface area (Å²) in [5.41, 5.74) is -2.80. The van der Waals surface area contributed by atoms with Crippen molar-refractivity contribution in [3.63, 3.8) is 0 Å². The van der Waals surface area contributed by atoms with Crippen LogP contribution in [0.1, 0.15) is 11.1 Å². The van der Waals surface area contributed by atoms with E-state index in [1.54, 1.807) is 60.7 Å². The fraction of sp³-hybridized carbons (Fsp3) is 0.0769. The summed E-state index contributed by atoms with van der Waals surface area (Å²) in [6.45, 7) is -1.27. The first kappa shape index (κ1) is 28.6. The average Bonchev–Trinajstić information content (AvgIpc) is 2.97. The Morgan fingerprint density at radius 3 is 1.02 bits per heavy atom. The Morgan fingerprint density at radius 2 is 0.756 bits per heavy atom. The molecule has 0 N–H and O–H groups in total. The molecule has 208 valence electrons. The number of nitro benzene ring substituents is 4. The van der Waals surface area contributed by atoms with E-state index >= 15 is 0 Å². The molecule has 0 bridgehead atoms. The van der Waals surface area contributed by atoms with Crippen LogP contribution < -0.4 is 10.4 Å². The Morgan fingerprint density at radius 1 is 0.463 bits per heavy atom. The van der Waals surface area contributed by atoms with Crippen LogP contribution in [-0.2, 0) is 22.1 Å². The maximum absolute atomic E-state index is 11.8. The Kier molecular flexibility index (Phi) is 8.52. The predicted molar refractivity (Wildman–Crippen MR) is 147 cm³/mol. The Bertz CT molecular complexity index is 1430. The van der Waals surface area contributed by atoms with E-state index in [1.807, 2.05) is 0 Å².